The van der Waals surface area contributed by atoms with Crippen molar-refractivity contribution < 1.29 is 9.90 Å². The molecular formula is C4H9NO2S. The molecule has 48 valence electrons. The number of likely N-dealkylation sites (N-methyl/N-ethyl adjacent to an activating group) is 1. The molecule has 3 nitrogen and oxygen atoms in total. The number of rotatable bonds is 3. The van der Waals surface area contributed by atoms with E-state index in [0.29, 0.717) is 0 Å². The summed E-state index contributed by atoms with van der Waals surface area (Å²) in [5.74, 6) is -0.790. The van der Waals surface area contributed by atoms with Crippen molar-refractivity contribution >= 4 is 17.9 Å². The number of aliphatic carboxylic acids is 1. The SMILES string of the molecule is CSN(C)CC(=O)O. The van der Waals surface area contributed by atoms with Gasteiger partial charge in [-0.1, -0.05) is 11.9 Å². The van der Waals surface area contributed by atoms with Gasteiger partial charge in [0.15, 0.2) is 0 Å². The van der Waals surface area contributed by atoms with Crippen molar-refractivity contribution in [1.82, 2.24) is 4.31 Å². The highest BCUT2D eigenvalue weighted by molar-refractivity contribution is 7.96. The zero-order valence-electron chi connectivity index (χ0n) is 4.92. The summed E-state index contributed by atoms with van der Waals surface area (Å²) in [7, 11) is 1.73. The minimum atomic E-state index is -0.790. The maximum Gasteiger partial charge on any atom is 0.318 e. The summed E-state index contributed by atoms with van der Waals surface area (Å²) in [6.45, 7) is 0.0984. The van der Waals surface area contributed by atoms with Crippen molar-refractivity contribution in [3.05, 3.63) is 0 Å². The van der Waals surface area contributed by atoms with Gasteiger partial charge in [-0.3, -0.25) is 4.79 Å². The number of hydrogen-bond donors (Lipinski definition) is 1. The van der Waals surface area contributed by atoms with Gasteiger partial charge >= 0.3 is 5.97 Å². The standard InChI is InChI=1S/C4H9NO2S/c1-5(8-2)3-4(6)7/h3H2,1-2H3,(H,6,7). The quantitative estimate of drug-likeness (QED) is 0.564. The monoisotopic (exact) mass is 135 g/mol. The number of hydrogen-bond acceptors (Lipinski definition) is 3. The van der Waals surface area contributed by atoms with Gasteiger partial charge in [0, 0.05) is 0 Å². The Hall–Kier alpha value is -0.220. The highest BCUT2D eigenvalue weighted by Crippen LogP contribution is 1.97. The third-order valence-electron chi connectivity index (χ3n) is 0.670. The molecule has 0 aromatic carbocycles. The minimum Gasteiger partial charge on any atom is -0.480 e. The van der Waals surface area contributed by atoms with Gasteiger partial charge in [-0.2, -0.15) is 0 Å². The van der Waals surface area contributed by atoms with Crippen molar-refractivity contribution in [3.8, 4) is 0 Å². The number of nitrogens with zero attached hydrogens (tertiary/aromatic N) is 1. The molecule has 0 heterocycles. The van der Waals surface area contributed by atoms with E-state index in [9.17, 15) is 4.79 Å². The lowest BCUT2D eigenvalue weighted by atomic mass is 10.7. The van der Waals surface area contributed by atoms with E-state index in [2.05, 4.69) is 0 Å². The van der Waals surface area contributed by atoms with Crippen LogP contribution in [0.1, 0.15) is 0 Å². The van der Waals surface area contributed by atoms with Crippen molar-refractivity contribution in [1.29, 1.82) is 0 Å². The molecule has 0 aliphatic rings. The molecule has 1 N–H and O–H groups in total. The van der Waals surface area contributed by atoms with Crippen LogP contribution in [0.25, 0.3) is 0 Å². The van der Waals surface area contributed by atoms with E-state index < -0.39 is 5.97 Å². The van der Waals surface area contributed by atoms with Gasteiger partial charge in [0.2, 0.25) is 0 Å². The van der Waals surface area contributed by atoms with E-state index in [1.54, 1.807) is 11.4 Å². The van der Waals surface area contributed by atoms with Crippen LogP contribution >= 0.6 is 11.9 Å². The van der Waals surface area contributed by atoms with Crippen LogP contribution in [0.3, 0.4) is 0 Å². The molecule has 0 fully saturated rings. The van der Waals surface area contributed by atoms with Crippen molar-refractivity contribution in [2.24, 2.45) is 0 Å². The largest absolute Gasteiger partial charge is 0.480 e. The maximum atomic E-state index is 9.91. The predicted molar refractivity (Wildman–Crippen MR) is 33.8 cm³/mol. The fourth-order valence-electron chi connectivity index (χ4n) is 0.255. The first-order chi connectivity index (χ1) is 3.66. The molecule has 0 spiro atoms. The zero-order valence-corrected chi connectivity index (χ0v) is 5.73. The second-order valence-corrected chi connectivity index (χ2v) is 2.35. The van der Waals surface area contributed by atoms with Crippen molar-refractivity contribution in [2.75, 3.05) is 19.8 Å². The number of carboxylic acids is 1. The van der Waals surface area contributed by atoms with Crippen LogP contribution in [0.5, 0.6) is 0 Å². The zero-order chi connectivity index (χ0) is 6.57. The summed E-state index contributed by atoms with van der Waals surface area (Å²) in [5, 5.41) is 8.16. The van der Waals surface area contributed by atoms with Crippen LogP contribution in [0.2, 0.25) is 0 Å². The average Bonchev–Trinajstić information content (AvgIpc) is 1.65. The molecule has 0 unspecified atom stereocenters. The molecule has 0 aliphatic carbocycles. The highest BCUT2D eigenvalue weighted by atomic mass is 32.2. The fraction of sp³-hybridized carbons (Fsp3) is 0.750. The van der Waals surface area contributed by atoms with Crippen LogP contribution in [-0.4, -0.2) is 35.2 Å². The Morgan fingerprint density at radius 1 is 1.88 bits per heavy atom. The summed E-state index contributed by atoms with van der Waals surface area (Å²) in [6.07, 6.45) is 1.84. The number of carboxylic acid groups (broad SMARTS) is 1. The van der Waals surface area contributed by atoms with E-state index in [0.717, 1.165) is 0 Å². The lowest BCUT2D eigenvalue weighted by Crippen LogP contribution is -2.18. The first-order valence-electron chi connectivity index (χ1n) is 2.14. The van der Waals surface area contributed by atoms with Gasteiger partial charge < -0.3 is 5.11 Å². The van der Waals surface area contributed by atoms with Gasteiger partial charge in [-0.15, -0.1) is 0 Å². The van der Waals surface area contributed by atoms with Crippen LogP contribution in [-0.2, 0) is 4.79 Å². The molecule has 0 saturated carbocycles. The fourth-order valence-corrected chi connectivity index (χ4v) is 0.495. The maximum absolute atomic E-state index is 9.91. The molecule has 0 radical (unpaired) electrons. The van der Waals surface area contributed by atoms with Crippen LogP contribution in [0.15, 0.2) is 0 Å². The van der Waals surface area contributed by atoms with E-state index >= 15 is 0 Å². The van der Waals surface area contributed by atoms with Gasteiger partial charge in [0.1, 0.15) is 6.54 Å². The Labute approximate surface area is 52.8 Å². The molecular weight excluding hydrogens is 126 g/mol. The summed E-state index contributed by atoms with van der Waals surface area (Å²) in [4.78, 5) is 9.91. The molecule has 0 atom stereocenters. The lowest BCUT2D eigenvalue weighted by Gasteiger charge is -2.06. The van der Waals surface area contributed by atoms with Crippen molar-refractivity contribution in [2.45, 2.75) is 0 Å². The summed E-state index contributed by atoms with van der Waals surface area (Å²) in [5.41, 5.74) is 0. The molecule has 4 heteroatoms. The Bertz CT molecular complexity index is 86.1. The van der Waals surface area contributed by atoms with Crippen molar-refractivity contribution in [3.63, 3.8) is 0 Å². The third kappa shape index (κ3) is 3.95. The molecule has 0 aromatic heterocycles. The lowest BCUT2D eigenvalue weighted by molar-refractivity contribution is -0.136. The Morgan fingerprint density at radius 3 is 2.50 bits per heavy atom. The smallest absolute Gasteiger partial charge is 0.318 e. The molecule has 0 rings (SSSR count). The van der Waals surface area contributed by atoms with E-state index in [4.69, 9.17) is 5.11 Å². The molecule has 0 aromatic rings. The van der Waals surface area contributed by atoms with Gasteiger partial charge in [0.05, 0.1) is 0 Å². The highest BCUT2D eigenvalue weighted by Gasteiger charge is 1.99. The van der Waals surface area contributed by atoms with Gasteiger partial charge in [-0.25, -0.2) is 4.31 Å². The second kappa shape index (κ2) is 3.74. The van der Waals surface area contributed by atoms with E-state index in [1.165, 1.54) is 11.9 Å². The first-order valence-corrected chi connectivity index (χ1v) is 3.32. The predicted octanol–water partition coefficient (Wildman–Crippen LogP) is 0.281. The molecule has 0 amide bonds. The van der Waals surface area contributed by atoms with Crippen LogP contribution in [0.4, 0.5) is 0 Å². The summed E-state index contributed by atoms with van der Waals surface area (Å²) in [6, 6.07) is 0. The van der Waals surface area contributed by atoms with E-state index in [1.807, 2.05) is 6.26 Å². The summed E-state index contributed by atoms with van der Waals surface area (Å²) >= 11 is 1.41. The molecule has 0 saturated heterocycles. The summed E-state index contributed by atoms with van der Waals surface area (Å²) < 4.78 is 1.64. The molecule has 0 bridgehead atoms. The minimum absolute atomic E-state index is 0.0984. The van der Waals surface area contributed by atoms with Crippen LogP contribution < -0.4 is 0 Å². The topological polar surface area (TPSA) is 40.5 Å². The van der Waals surface area contributed by atoms with Crippen LogP contribution in [0, 0.1) is 0 Å². The molecule has 0 aliphatic heterocycles. The first kappa shape index (κ1) is 7.78. The Balaban J connectivity index is 3.24. The Morgan fingerprint density at radius 2 is 2.38 bits per heavy atom. The number of carbonyl (C=O) groups is 1. The van der Waals surface area contributed by atoms with Gasteiger partial charge in [0.25, 0.3) is 0 Å². The normalized spacial score (nSPS) is 9.88. The third-order valence-corrected chi connectivity index (χ3v) is 1.42. The Kier molecular flexibility index (Phi) is 3.64. The van der Waals surface area contributed by atoms with Gasteiger partial charge in [-0.05, 0) is 13.3 Å². The van der Waals surface area contributed by atoms with E-state index in [-0.39, 0.29) is 6.54 Å². The second-order valence-electron chi connectivity index (χ2n) is 1.36. The average molecular weight is 135 g/mol. The molecule has 8 heavy (non-hydrogen) atoms.